The van der Waals surface area contributed by atoms with Gasteiger partial charge in [0.05, 0.1) is 16.7 Å². The van der Waals surface area contributed by atoms with Gasteiger partial charge in [0.1, 0.15) is 0 Å². The molecule has 3 rings (SSSR count). The smallest absolute Gasteiger partial charge is 0.289 e. The van der Waals surface area contributed by atoms with E-state index in [9.17, 15) is 40.5 Å². The second-order valence-electron chi connectivity index (χ2n) is 10.7. The van der Waals surface area contributed by atoms with Crippen LogP contribution in [0.4, 0.5) is 26.3 Å². The molecule has 0 saturated heterocycles. The Morgan fingerprint density at radius 3 is 1.56 bits per heavy atom. The molecule has 1 unspecified atom stereocenters. The van der Waals surface area contributed by atoms with Gasteiger partial charge in [-0.05, 0) is 41.5 Å². The predicted molar refractivity (Wildman–Crippen MR) is 147 cm³/mol. The van der Waals surface area contributed by atoms with Crippen molar-refractivity contribution in [3.8, 4) is 0 Å². The predicted octanol–water partition coefficient (Wildman–Crippen LogP) is 9.62. The highest BCUT2D eigenvalue weighted by molar-refractivity contribution is 7.71. The molecule has 0 aliphatic heterocycles. The van der Waals surface area contributed by atoms with Gasteiger partial charge in [0.25, 0.3) is 0 Å². The van der Waals surface area contributed by atoms with Gasteiger partial charge in [0.2, 0.25) is 5.30 Å². The minimum Gasteiger partial charge on any atom is -0.289 e. The van der Waals surface area contributed by atoms with Crippen molar-refractivity contribution in [2.24, 2.45) is 0 Å². The molecule has 41 heavy (non-hydrogen) atoms. The lowest BCUT2D eigenvalue weighted by atomic mass is 9.81. The maximum absolute atomic E-state index is 14.1. The lowest BCUT2D eigenvalue weighted by Crippen LogP contribution is -2.26. The second-order valence-corrected chi connectivity index (χ2v) is 12.1. The van der Waals surface area contributed by atoms with E-state index in [1.807, 2.05) is 13.8 Å². The highest BCUT2D eigenvalue weighted by Crippen LogP contribution is 2.45. The van der Waals surface area contributed by atoms with E-state index in [1.54, 1.807) is 64.1 Å². The molecule has 218 valence electrons. The molecular formula is C31H30F6O3P+. The molecule has 0 amide bonds. The first-order valence-corrected chi connectivity index (χ1v) is 14.2. The summed E-state index contributed by atoms with van der Waals surface area (Å²) < 4.78 is 97.5. The number of halogens is 6. The lowest BCUT2D eigenvalue weighted by Gasteiger charge is -2.23. The van der Waals surface area contributed by atoms with Crippen molar-refractivity contribution in [2.75, 3.05) is 0 Å². The Hall–Kier alpha value is -3.32. The van der Waals surface area contributed by atoms with E-state index in [-0.39, 0.29) is 22.3 Å². The maximum Gasteiger partial charge on any atom is 0.459 e. The van der Waals surface area contributed by atoms with E-state index in [0.29, 0.717) is 34.9 Å². The highest BCUT2D eigenvalue weighted by Gasteiger charge is 2.50. The molecule has 0 saturated carbocycles. The maximum atomic E-state index is 14.1. The number of alkyl halides is 6. The van der Waals surface area contributed by atoms with Crippen molar-refractivity contribution in [1.82, 2.24) is 0 Å². The van der Waals surface area contributed by atoms with Gasteiger partial charge in [-0.3, -0.25) is 4.79 Å². The fourth-order valence-corrected chi connectivity index (χ4v) is 6.66. The number of ketones is 1. The van der Waals surface area contributed by atoms with Crippen molar-refractivity contribution in [3.05, 3.63) is 99.1 Å². The Kier molecular flexibility index (Phi) is 9.33. The van der Waals surface area contributed by atoms with Crippen LogP contribution in [0.25, 0.3) is 0 Å². The van der Waals surface area contributed by atoms with Crippen LogP contribution in [-0.4, -0.2) is 11.3 Å². The van der Waals surface area contributed by atoms with Gasteiger partial charge < -0.3 is 0 Å². The summed E-state index contributed by atoms with van der Waals surface area (Å²) >= 11 is 0. The number of hydrogen-bond donors (Lipinski definition) is 0. The number of carbonyl (C=O) groups excluding carboxylic acids is 2. The quantitative estimate of drug-likeness (QED) is 0.148. The minimum atomic E-state index is -5.32. The van der Waals surface area contributed by atoms with Gasteiger partial charge in [-0.25, -0.2) is 4.79 Å². The van der Waals surface area contributed by atoms with Crippen LogP contribution in [0.15, 0.2) is 54.6 Å². The summed E-state index contributed by atoms with van der Waals surface area (Å²) in [4.78, 5) is 27.5. The Bertz CT molecular complexity index is 1450. The van der Waals surface area contributed by atoms with Gasteiger partial charge >= 0.3 is 25.7 Å². The van der Waals surface area contributed by atoms with E-state index in [0.717, 1.165) is 0 Å². The SMILES string of the molecule is CC(C)c1cc(C(C)C)c([P+](=O)C(=O)c2c(C(F)(F)F)cccc2C(F)(F)F)c(C(C)C)c1C(=O)c1ccccc1. The molecule has 1 atom stereocenters. The van der Waals surface area contributed by atoms with Crippen LogP contribution in [0.2, 0.25) is 0 Å². The molecule has 3 aromatic rings. The van der Waals surface area contributed by atoms with Crippen LogP contribution in [-0.2, 0) is 16.9 Å². The summed E-state index contributed by atoms with van der Waals surface area (Å²) in [6.07, 6.45) is -10.6. The molecule has 0 spiro atoms. The summed E-state index contributed by atoms with van der Waals surface area (Å²) in [6, 6.07) is 11.1. The second kappa shape index (κ2) is 11.9. The average Bonchev–Trinajstić information content (AvgIpc) is 2.89. The third kappa shape index (κ3) is 6.45. The van der Waals surface area contributed by atoms with Crippen molar-refractivity contribution in [2.45, 2.75) is 71.6 Å². The lowest BCUT2D eigenvalue weighted by molar-refractivity contribution is -0.143. The zero-order valence-corrected chi connectivity index (χ0v) is 24.3. The van der Waals surface area contributed by atoms with Gasteiger partial charge in [0, 0.05) is 22.3 Å². The molecule has 0 bridgehead atoms. The van der Waals surface area contributed by atoms with Crippen LogP contribution >= 0.6 is 7.80 Å². The van der Waals surface area contributed by atoms with E-state index >= 15 is 0 Å². The molecule has 0 radical (unpaired) electrons. The molecule has 0 aromatic heterocycles. The Labute approximate surface area is 235 Å². The monoisotopic (exact) mass is 595 g/mol. The first kappa shape index (κ1) is 32.2. The van der Waals surface area contributed by atoms with Crippen molar-refractivity contribution in [1.29, 1.82) is 0 Å². The zero-order valence-electron chi connectivity index (χ0n) is 23.4. The van der Waals surface area contributed by atoms with Gasteiger partial charge in [-0.2, -0.15) is 26.3 Å². The van der Waals surface area contributed by atoms with Crippen LogP contribution in [0.5, 0.6) is 0 Å². The third-order valence-electron chi connectivity index (χ3n) is 6.76. The van der Waals surface area contributed by atoms with Gasteiger partial charge in [-0.15, -0.1) is 0 Å². The fourth-order valence-electron chi connectivity index (χ4n) is 4.87. The van der Waals surface area contributed by atoms with E-state index < -0.39 is 60.0 Å². The molecule has 0 heterocycles. The van der Waals surface area contributed by atoms with Gasteiger partial charge in [0.15, 0.2) is 5.78 Å². The van der Waals surface area contributed by atoms with Crippen molar-refractivity contribution >= 4 is 24.4 Å². The summed E-state index contributed by atoms with van der Waals surface area (Å²) in [5.74, 6) is -1.65. The molecule has 3 nitrogen and oxygen atoms in total. The van der Waals surface area contributed by atoms with Crippen molar-refractivity contribution < 1.29 is 40.5 Å². The topological polar surface area (TPSA) is 51.2 Å². The molecule has 0 aliphatic rings. The number of hydrogen-bond acceptors (Lipinski definition) is 3. The Balaban J connectivity index is 2.47. The van der Waals surface area contributed by atoms with Gasteiger partial charge in [-0.1, -0.05) is 82.5 Å². The summed E-state index contributed by atoms with van der Waals surface area (Å²) in [5.41, 5.74) is -5.59. The standard InChI is InChI=1S/C31H30F6O3P/c1-16(2)20-15-21(17(3)4)28(24(18(5)6)25(20)27(38)19-11-8-7-9-12-19)41(40)29(39)26-22(30(32,33)34)13-10-14-23(26)31(35,36)37/h7-18H,1-6H3/q+1. The summed E-state index contributed by atoms with van der Waals surface area (Å²) in [7, 11) is -3.53. The first-order valence-electron chi connectivity index (χ1n) is 13.0. The fraction of sp³-hybridized carbons (Fsp3) is 0.355. The Morgan fingerprint density at radius 1 is 0.659 bits per heavy atom. The van der Waals surface area contributed by atoms with Crippen molar-refractivity contribution in [3.63, 3.8) is 0 Å². The number of rotatable bonds is 8. The molecule has 3 aromatic carbocycles. The molecular weight excluding hydrogens is 565 g/mol. The number of carbonyl (C=O) groups is 2. The van der Waals surface area contributed by atoms with E-state index in [4.69, 9.17) is 0 Å². The summed E-state index contributed by atoms with van der Waals surface area (Å²) in [6.45, 7) is 10.5. The van der Waals surface area contributed by atoms with E-state index in [2.05, 4.69) is 0 Å². The average molecular weight is 596 g/mol. The highest BCUT2D eigenvalue weighted by atomic mass is 31.1. The zero-order chi connectivity index (χ0) is 31.0. The Morgan fingerprint density at radius 2 is 1.15 bits per heavy atom. The van der Waals surface area contributed by atoms with Crippen LogP contribution in [0.1, 0.15) is 113 Å². The first-order chi connectivity index (χ1) is 18.9. The van der Waals surface area contributed by atoms with Crippen LogP contribution < -0.4 is 5.30 Å². The molecule has 0 aliphatic carbocycles. The van der Waals surface area contributed by atoms with E-state index in [1.165, 1.54) is 0 Å². The normalized spacial score (nSPS) is 12.8. The summed E-state index contributed by atoms with van der Waals surface area (Å²) in [5, 5.41) is -0.191. The largest absolute Gasteiger partial charge is 0.459 e. The number of benzene rings is 3. The molecule has 10 heteroatoms. The third-order valence-corrected chi connectivity index (χ3v) is 8.26. The minimum absolute atomic E-state index is 0.150. The molecule has 0 N–H and O–H groups in total. The molecule has 0 fully saturated rings. The van der Waals surface area contributed by atoms with Crippen LogP contribution in [0, 0.1) is 0 Å². The van der Waals surface area contributed by atoms with Crippen LogP contribution in [0.3, 0.4) is 0 Å².